The van der Waals surface area contributed by atoms with Crippen molar-refractivity contribution in [3.8, 4) is 0 Å². The van der Waals surface area contributed by atoms with Crippen molar-refractivity contribution in [2.45, 2.75) is 19.8 Å². The molecule has 4 nitrogen and oxygen atoms in total. The molecular weight excluding hydrogens is 312 g/mol. The highest BCUT2D eigenvalue weighted by Gasteiger charge is 2.24. The fraction of sp³-hybridized carbons (Fsp3) is 0.222. The highest BCUT2D eigenvalue weighted by atomic mass is 35.5. The number of benzene rings is 2. The molecule has 0 fully saturated rings. The van der Waals surface area contributed by atoms with E-state index in [1.54, 1.807) is 36.4 Å². The Morgan fingerprint density at radius 2 is 1.57 bits per heavy atom. The number of nitrogens with two attached hydrogens (primary N) is 1. The van der Waals surface area contributed by atoms with Crippen LogP contribution in [-0.2, 0) is 4.79 Å². The van der Waals surface area contributed by atoms with Crippen molar-refractivity contribution < 1.29 is 9.59 Å². The Morgan fingerprint density at radius 1 is 1.00 bits per heavy atom. The summed E-state index contributed by atoms with van der Waals surface area (Å²) in [5.41, 5.74) is 7.15. The first-order valence-corrected chi connectivity index (χ1v) is 7.72. The topological polar surface area (TPSA) is 72.2 Å². The highest BCUT2D eigenvalue weighted by molar-refractivity contribution is 6.30. The van der Waals surface area contributed by atoms with Crippen molar-refractivity contribution in [1.29, 1.82) is 0 Å². The molecule has 0 unspecified atom stereocenters. The van der Waals surface area contributed by atoms with E-state index in [9.17, 15) is 9.59 Å². The van der Waals surface area contributed by atoms with Gasteiger partial charge in [-0.2, -0.15) is 0 Å². The van der Waals surface area contributed by atoms with Gasteiger partial charge in [0.05, 0.1) is 5.92 Å². The summed E-state index contributed by atoms with van der Waals surface area (Å²) in [5, 5.41) is 3.52. The molecule has 0 radical (unpaired) electrons. The molecule has 2 rings (SSSR count). The molecule has 0 aliphatic rings. The summed E-state index contributed by atoms with van der Waals surface area (Å²) < 4.78 is 0. The first kappa shape index (κ1) is 17.0. The Hall–Kier alpha value is -2.33. The van der Waals surface area contributed by atoms with Crippen LogP contribution in [-0.4, -0.2) is 11.8 Å². The lowest BCUT2D eigenvalue weighted by molar-refractivity contribution is -0.118. The fourth-order valence-electron chi connectivity index (χ4n) is 2.45. The first-order chi connectivity index (χ1) is 10.9. The van der Waals surface area contributed by atoms with Gasteiger partial charge in [0.1, 0.15) is 0 Å². The van der Waals surface area contributed by atoms with Gasteiger partial charge in [-0.1, -0.05) is 37.6 Å². The predicted molar refractivity (Wildman–Crippen MR) is 92.6 cm³/mol. The summed E-state index contributed by atoms with van der Waals surface area (Å²) >= 11 is 5.91. The Bertz CT molecular complexity index is 694. The van der Waals surface area contributed by atoms with Gasteiger partial charge in [0.25, 0.3) is 0 Å². The fourth-order valence-corrected chi connectivity index (χ4v) is 2.57. The van der Waals surface area contributed by atoms with Crippen LogP contribution in [0.2, 0.25) is 5.02 Å². The van der Waals surface area contributed by atoms with Crippen LogP contribution in [0, 0.1) is 5.92 Å². The molecule has 3 N–H and O–H groups in total. The molecule has 0 spiro atoms. The van der Waals surface area contributed by atoms with Gasteiger partial charge in [-0.05, 0) is 47.9 Å². The first-order valence-electron chi connectivity index (χ1n) is 7.34. The van der Waals surface area contributed by atoms with Crippen LogP contribution in [0.25, 0.3) is 0 Å². The summed E-state index contributed by atoms with van der Waals surface area (Å²) in [6.07, 6.45) is 0. The van der Waals surface area contributed by atoms with Gasteiger partial charge >= 0.3 is 0 Å². The number of halogens is 1. The monoisotopic (exact) mass is 330 g/mol. The lowest BCUT2D eigenvalue weighted by atomic mass is 9.87. The average Bonchev–Trinajstić information content (AvgIpc) is 2.49. The second-order valence-electron chi connectivity index (χ2n) is 5.70. The third-order valence-electron chi connectivity index (χ3n) is 3.62. The summed E-state index contributed by atoms with van der Waals surface area (Å²) in [7, 11) is 0. The molecule has 2 amide bonds. The van der Waals surface area contributed by atoms with Crippen molar-refractivity contribution in [3.63, 3.8) is 0 Å². The molecule has 0 aliphatic carbocycles. The summed E-state index contributed by atoms with van der Waals surface area (Å²) in [5.74, 6) is -0.762. The number of hydrogen-bond donors (Lipinski definition) is 2. The van der Waals surface area contributed by atoms with Crippen molar-refractivity contribution in [3.05, 3.63) is 64.7 Å². The maximum atomic E-state index is 12.6. The molecule has 2 aromatic carbocycles. The molecule has 1 atom stereocenters. The Labute approximate surface area is 140 Å². The lowest BCUT2D eigenvalue weighted by Gasteiger charge is -2.21. The van der Waals surface area contributed by atoms with Crippen LogP contribution >= 0.6 is 11.6 Å². The number of nitrogens with one attached hydrogen (secondary N) is 1. The summed E-state index contributed by atoms with van der Waals surface area (Å²) in [4.78, 5) is 23.7. The molecule has 0 saturated heterocycles. The number of carbonyl (C=O) groups is 2. The molecule has 0 aliphatic heterocycles. The van der Waals surface area contributed by atoms with Gasteiger partial charge in [-0.15, -0.1) is 0 Å². The van der Waals surface area contributed by atoms with Crippen LogP contribution < -0.4 is 11.1 Å². The maximum Gasteiger partial charge on any atom is 0.248 e. The number of amides is 2. The zero-order valence-corrected chi connectivity index (χ0v) is 13.8. The van der Waals surface area contributed by atoms with Crippen LogP contribution in [0.3, 0.4) is 0 Å². The third kappa shape index (κ3) is 4.33. The minimum absolute atomic E-state index is 0.103. The lowest BCUT2D eigenvalue weighted by Crippen LogP contribution is -2.25. The van der Waals surface area contributed by atoms with E-state index in [0.29, 0.717) is 16.3 Å². The van der Waals surface area contributed by atoms with Gasteiger partial charge in [-0.25, -0.2) is 0 Å². The number of hydrogen-bond acceptors (Lipinski definition) is 2. The van der Waals surface area contributed by atoms with E-state index in [2.05, 4.69) is 5.32 Å². The molecule has 23 heavy (non-hydrogen) atoms. The largest absolute Gasteiger partial charge is 0.366 e. The van der Waals surface area contributed by atoms with E-state index in [0.717, 1.165) is 5.56 Å². The van der Waals surface area contributed by atoms with Gasteiger partial charge in [0.15, 0.2) is 0 Å². The van der Waals surface area contributed by atoms with Crippen molar-refractivity contribution in [2.75, 3.05) is 5.32 Å². The molecule has 0 bridgehead atoms. The Balaban J connectivity index is 2.18. The van der Waals surface area contributed by atoms with E-state index >= 15 is 0 Å². The minimum atomic E-state index is -0.496. The number of rotatable bonds is 5. The van der Waals surface area contributed by atoms with E-state index in [-0.39, 0.29) is 17.7 Å². The SMILES string of the molecule is CC(C)[C@@H](C(=O)Nc1ccc(C(N)=O)cc1)c1ccc(Cl)cc1. The summed E-state index contributed by atoms with van der Waals surface area (Å²) in [6, 6.07) is 13.8. The van der Waals surface area contributed by atoms with E-state index in [4.69, 9.17) is 17.3 Å². The molecular formula is C18H19ClN2O2. The zero-order valence-electron chi connectivity index (χ0n) is 13.0. The number of anilines is 1. The van der Waals surface area contributed by atoms with Crippen LogP contribution in [0.1, 0.15) is 35.7 Å². The smallest absolute Gasteiger partial charge is 0.248 e. The Morgan fingerprint density at radius 3 is 2.04 bits per heavy atom. The van der Waals surface area contributed by atoms with Crippen molar-refractivity contribution in [1.82, 2.24) is 0 Å². The zero-order chi connectivity index (χ0) is 17.0. The van der Waals surface area contributed by atoms with Crippen LogP contribution in [0.5, 0.6) is 0 Å². The number of primary amides is 1. The molecule has 120 valence electrons. The van der Waals surface area contributed by atoms with E-state index in [1.807, 2.05) is 26.0 Å². The highest BCUT2D eigenvalue weighted by Crippen LogP contribution is 2.27. The predicted octanol–water partition coefficient (Wildman–Crippen LogP) is 3.82. The number of carbonyl (C=O) groups excluding carboxylic acids is 2. The van der Waals surface area contributed by atoms with Gasteiger partial charge in [-0.3, -0.25) is 9.59 Å². The Kier molecular flexibility index (Phi) is 5.40. The molecule has 5 heteroatoms. The second kappa shape index (κ2) is 7.29. The van der Waals surface area contributed by atoms with Crippen molar-refractivity contribution >= 4 is 29.1 Å². The standard InChI is InChI=1S/C18H19ClN2O2/c1-11(2)16(12-3-7-14(19)8-4-12)18(23)21-15-9-5-13(6-10-15)17(20)22/h3-11,16H,1-2H3,(H2,20,22)(H,21,23)/t16-/m1/s1. The van der Waals surface area contributed by atoms with E-state index in [1.165, 1.54) is 0 Å². The maximum absolute atomic E-state index is 12.6. The quantitative estimate of drug-likeness (QED) is 0.874. The van der Waals surface area contributed by atoms with Gasteiger partial charge in [0, 0.05) is 16.3 Å². The van der Waals surface area contributed by atoms with Crippen LogP contribution in [0.15, 0.2) is 48.5 Å². The van der Waals surface area contributed by atoms with Crippen LogP contribution in [0.4, 0.5) is 5.69 Å². The second-order valence-corrected chi connectivity index (χ2v) is 6.14. The average molecular weight is 331 g/mol. The van der Waals surface area contributed by atoms with Gasteiger partial charge < -0.3 is 11.1 Å². The molecule has 0 saturated carbocycles. The molecule has 0 aromatic heterocycles. The summed E-state index contributed by atoms with van der Waals surface area (Å²) in [6.45, 7) is 3.99. The normalized spacial score (nSPS) is 12.0. The molecule has 0 heterocycles. The van der Waals surface area contributed by atoms with E-state index < -0.39 is 5.91 Å². The minimum Gasteiger partial charge on any atom is -0.366 e. The third-order valence-corrected chi connectivity index (χ3v) is 3.87. The molecule has 2 aromatic rings. The van der Waals surface area contributed by atoms with Gasteiger partial charge in [0.2, 0.25) is 11.8 Å². The van der Waals surface area contributed by atoms with Crippen molar-refractivity contribution in [2.24, 2.45) is 11.7 Å².